The summed E-state index contributed by atoms with van der Waals surface area (Å²) < 4.78 is 53.7. The monoisotopic (exact) mass is 435 g/mol. The summed E-state index contributed by atoms with van der Waals surface area (Å²) in [5.74, 6) is -0.168. The molecule has 1 N–H and O–H groups in total. The van der Waals surface area contributed by atoms with Crippen molar-refractivity contribution < 1.29 is 34.0 Å². The van der Waals surface area contributed by atoms with Crippen LogP contribution in [0.1, 0.15) is 38.2 Å². The van der Waals surface area contributed by atoms with E-state index >= 15 is 0 Å². The fourth-order valence-electron chi connectivity index (χ4n) is 1.79. The van der Waals surface area contributed by atoms with Crippen molar-refractivity contribution >= 4 is 28.0 Å². The molecular formula is C18H26BrNO6. The van der Waals surface area contributed by atoms with Gasteiger partial charge in [-0.3, -0.25) is 4.79 Å². The van der Waals surface area contributed by atoms with E-state index in [0.717, 1.165) is 0 Å². The summed E-state index contributed by atoms with van der Waals surface area (Å²) in [7, 11) is 2.69. The van der Waals surface area contributed by atoms with Crippen molar-refractivity contribution in [3.05, 3.63) is 22.2 Å². The number of amides is 1. The third kappa shape index (κ3) is 7.11. The molecule has 0 atom stereocenters. The molecule has 0 spiro atoms. The number of methoxy groups -OCH3 is 2. The lowest BCUT2D eigenvalue weighted by molar-refractivity contribution is -0.159. The van der Waals surface area contributed by atoms with E-state index in [2.05, 4.69) is 15.9 Å². The number of carbonyl (C=O) groups excluding carboxylic acids is 2. The van der Waals surface area contributed by atoms with Gasteiger partial charge in [-0.25, -0.2) is 4.79 Å². The minimum atomic E-state index is -2.89. The van der Waals surface area contributed by atoms with Crippen molar-refractivity contribution in [1.29, 1.82) is 0 Å². The van der Waals surface area contributed by atoms with E-state index < -0.39 is 30.5 Å². The Kier molecular flexibility index (Phi) is 6.40. The second-order valence-corrected chi connectivity index (χ2v) is 6.58. The standard InChI is InChI=1S/C18H26BrNO6/c1-6-16(21)26-18(2,3)11-25-17(22)20-8-7-12-9-15(24-5)13(19)10-14(12)23-4/h9-10H,6-8,11H2,1-5H3,(H,20,22)/i7D2,8D2. The molecule has 0 aliphatic heterocycles. The van der Waals surface area contributed by atoms with Crippen LogP contribution in [0.4, 0.5) is 4.79 Å². The van der Waals surface area contributed by atoms with Crippen molar-refractivity contribution in [1.82, 2.24) is 5.32 Å². The van der Waals surface area contributed by atoms with Crippen LogP contribution in [0.2, 0.25) is 0 Å². The molecule has 0 fully saturated rings. The van der Waals surface area contributed by atoms with Crippen molar-refractivity contribution in [3.63, 3.8) is 0 Å². The second-order valence-electron chi connectivity index (χ2n) is 5.73. The number of alkyl carbamates (subject to hydrolysis) is 1. The highest BCUT2D eigenvalue weighted by atomic mass is 79.9. The fraction of sp³-hybridized carbons (Fsp3) is 0.556. The maximum atomic E-state index is 12.1. The van der Waals surface area contributed by atoms with Gasteiger partial charge in [0.15, 0.2) is 0 Å². The number of hydrogen-bond donors (Lipinski definition) is 1. The molecule has 1 amide bonds. The Bertz CT molecular complexity index is 788. The zero-order valence-electron chi connectivity index (χ0n) is 19.4. The van der Waals surface area contributed by atoms with Gasteiger partial charge >= 0.3 is 12.1 Å². The zero-order chi connectivity index (χ0) is 23.3. The van der Waals surface area contributed by atoms with Crippen LogP contribution in [0.3, 0.4) is 0 Å². The molecule has 1 aromatic rings. The second kappa shape index (κ2) is 10.3. The lowest BCUT2D eigenvalue weighted by atomic mass is 10.1. The number of aryl methyl sites for hydroxylation is 1. The first-order valence-electron chi connectivity index (χ1n) is 9.79. The quantitative estimate of drug-likeness (QED) is 0.597. The Morgan fingerprint density at radius 3 is 2.46 bits per heavy atom. The summed E-state index contributed by atoms with van der Waals surface area (Å²) >= 11 is 3.25. The molecule has 146 valence electrons. The highest BCUT2D eigenvalue weighted by Crippen LogP contribution is 2.32. The van der Waals surface area contributed by atoms with E-state index in [0.29, 0.717) is 4.47 Å². The number of hydrogen-bond acceptors (Lipinski definition) is 6. The number of nitrogens with one attached hydrogen (secondary N) is 1. The predicted octanol–water partition coefficient (Wildman–Crippen LogP) is 3.47. The van der Waals surface area contributed by atoms with E-state index in [1.165, 1.54) is 40.2 Å². The summed E-state index contributed by atoms with van der Waals surface area (Å²) in [6.07, 6.45) is -3.79. The van der Waals surface area contributed by atoms with Gasteiger partial charge in [0.05, 0.1) is 18.7 Å². The van der Waals surface area contributed by atoms with Crippen LogP contribution < -0.4 is 14.8 Å². The molecule has 0 aromatic heterocycles. The van der Waals surface area contributed by atoms with Crippen LogP contribution in [0, 0.1) is 0 Å². The van der Waals surface area contributed by atoms with Gasteiger partial charge in [-0.1, -0.05) is 6.92 Å². The fourth-order valence-corrected chi connectivity index (χ4v) is 2.28. The van der Waals surface area contributed by atoms with Crippen LogP contribution in [0.15, 0.2) is 16.6 Å². The molecule has 8 heteroatoms. The van der Waals surface area contributed by atoms with Gasteiger partial charge in [0.1, 0.15) is 23.7 Å². The van der Waals surface area contributed by atoms with E-state index in [-0.39, 0.29) is 30.1 Å². The SMILES string of the molecule is [2H]C([2H])(NC(=O)OCC(C)(C)OC(=O)CC)C([2H])([2H])c1cc(OC)c(Br)cc1OC. The average Bonchev–Trinajstić information content (AvgIpc) is 2.65. The molecule has 0 aliphatic rings. The van der Waals surface area contributed by atoms with Crippen molar-refractivity contribution in [3.8, 4) is 11.5 Å². The van der Waals surface area contributed by atoms with Crippen LogP contribution >= 0.6 is 15.9 Å². The normalized spacial score (nSPS) is 14.2. The van der Waals surface area contributed by atoms with Gasteiger partial charge in [0.2, 0.25) is 0 Å². The smallest absolute Gasteiger partial charge is 0.407 e. The van der Waals surface area contributed by atoms with Crippen LogP contribution in [0.25, 0.3) is 0 Å². The Morgan fingerprint density at radius 2 is 1.88 bits per heavy atom. The molecule has 0 saturated heterocycles. The number of rotatable bonds is 9. The number of carbonyl (C=O) groups is 2. The Hall–Kier alpha value is -1.96. The molecule has 0 radical (unpaired) electrons. The zero-order valence-corrected chi connectivity index (χ0v) is 17.0. The molecule has 1 rings (SSSR count). The number of ether oxygens (including phenoxy) is 4. The molecule has 0 heterocycles. The Balaban J connectivity index is 3.02. The van der Waals surface area contributed by atoms with Crippen molar-refractivity contribution in [2.45, 2.75) is 39.2 Å². The summed E-state index contributed by atoms with van der Waals surface area (Å²) in [4.78, 5) is 23.5. The van der Waals surface area contributed by atoms with Crippen LogP contribution in [0.5, 0.6) is 11.5 Å². The number of esters is 1. The largest absolute Gasteiger partial charge is 0.496 e. The predicted molar refractivity (Wildman–Crippen MR) is 101 cm³/mol. The summed E-state index contributed by atoms with van der Waals surface area (Å²) in [6.45, 7) is 1.44. The molecule has 1 aromatic carbocycles. The van der Waals surface area contributed by atoms with Crippen LogP contribution in [-0.4, -0.2) is 45.0 Å². The number of halogens is 1. The molecule has 0 aliphatic carbocycles. The van der Waals surface area contributed by atoms with Gasteiger partial charge in [-0.15, -0.1) is 0 Å². The molecule has 0 unspecified atom stereocenters. The van der Waals surface area contributed by atoms with Gasteiger partial charge in [0.25, 0.3) is 0 Å². The van der Waals surface area contributed by atoms with Gasteiger partial charge in [-0.2, -0.15) is 0 Å². The van der Waals surface area contributed by atoms with Crippen molar-refractivity contribution in [2.75, 3.05) is 27.3 Å². The topological polar surface area (TPSA) is 83.1 Å². The van der Waals surface area contributed by atoms with Crippen molar-refractivity contribution in [2.24, 2.45) is 0 Å². The summed E-state index contributed by atoms with van der Waals surface area (Å²) in [5, 5.41) is 1.89. The Morgan fingerprint density at radius 1 is 1.23 bits per heavy atom. The highest BCUT2D eigenvalue weighted by molar-refractivity contribution is 9.10. The molecule has 26 heavy (non-hydrogen) atoms. The molecular weight excluding hydrogens is 406 g/mol. The highest BCUT2D eigenvalue weighted by Gasteiger charge is 2.24. The number of benzene rings is 1. The first kappa shape index (κ1) is 16.2. The Labute approximate surface area is 168 Å². The lowest BCUT2D eigenvalue weighted by Gasteiger charge is -2.24. The van der Waals surface area contributed by atoms with Gasteiger partial charge < -0.3 is 24.3 Å². The van der Waals surface area contributed by atoms with E-state index in [9.17, 15) is 9.59 Å². The van der Waals surface area contributed by atoms with E-state index in [4.69, 9.17) is 24.4 Å². The van der Waals surface area contributed by atoms with E-state index in [1.54, 1.807) is 6.92 Å². The molecule has 0 saturated carbocycles. The van der Waals surface area contributed by atoms with Gasteiger partial charge in [-0.05, 0) is 53.8 Å². The maximum Gasteiger partial charge on any atom is 0.407 e. The first-order valence-corrected chi connectivity index (χ1v) is 8.58. The van der Waals surface area contributed by atoms with E-state index in [1.807, 2.05) is 5.32 Å². The third-order valence-electron chi connectivity index (χ3n) is 3.07. The minimum Gasteiger partial charge on any atom is -0.496 e. The van der Waals surface area contributed by atoms with Gasteiger partial charge in [0, 0.05) is 18.4 Å². The average molecular weight is 436 g/mol. The first-order chi connectivity index (χ1) is 13.7. The lowest BCUT2D eigenvalue weighted by Crippen LogP contribution is -2.37. The van der Waals surface area contributed by atoms with Crippen LogP contribution in [-0.2, 0) is 20.6 Å². The third-order valence-corrected chi connectivity index (χ3v) is 3.69. The molecule has 7 nitrogen and oxygen atoms in total. The maximum absolute atomic E-state index is 12.1. The minimum absolute atomic E-state index is 0.0549. The summed E-state index contributed by atoms with van der Waals surface area (Å²) in [6, 6.07) is 2.71. The molecule has 0 bridgehead atoms. The summed E-state index contributed by atoms with van der Waals surface area (Å²) in [5.41, 5.74) is -1.30.